The Balaban J connectivity index is 1.83. The van der Waals surface area contributed by atoms with E-state index in [0.717, 1.165) is 0 Å². The Morgan fingerprint density at radius 1 is 1.20 bits per heavy atom. The third kappa shape index (κ3) is 2.53. The van der Waals surface area contributed by atoms with Crippen molar-refractivity contribution in [2.75, 3.05) is 20.1 Å². The van der Waals surface area contributed by atoms with E-state index in [2.05, 4.69) is 31.1 Å². The number of rotatable bonds is 3. The first-order chi connectivity index (χ1) is 9.64. The van der Waals surface area contributed by atoms with Crippen LogP contribution in [0.25, 0.3) is 0 Å². The van der Waals surface area contributed by atoms with Crippen LogP contribution in [-0.4, -0.2) is 36.1 Å². The molecule has 3 rings (SSSR count). The predicted molar refractivity (Wildman–Crippen MR) is 85.4 cm³/mol. The van der Waals surface area contributed by atoms with E-state index >= 15 is 0 Å². The molecule has 1 aromatic heterocycles. The Hall–Kier alpha value is -0.450. The lowest BCUT2D eigenvalue weighted by molar-refractivity contribution is 0.220. The van der Waals surface area contributed by atoms with Crippen molar-refractivity contribution in [3.63, 3.8) is 0 Å². The Morgan fingerprint density at radius 2 is 2.05 bits per heavy atom. The summed E-state index contributed by atoms with van der Waals surface area (Å²) in [5.41, 5.74) is 1.52. The molecule has 0 aromatic carbocycles. The van der Waals surface area contributed by atoms with Gasteiger partial charge in [-0.25, -0.2) is 4.98 Å². The maximum absolute atomic E-state index is 5.01. The third-order valence-corrected chi connectivity index (χ3v) is 6.45. The van der Waals surface area contributed by atoms with Crippen LogP contribution in [0.1, 0.15) is 55.1 Å². The molecular weight excluding hydrogens is 266 g/mol. The molecule has 0 spiro atoms. The molecule has 1 aliphatic heterocycles. The Bertz CT molecular complexity index is 447. The fourth-order valence-corrected chi connectivity index (χ4v) is 5.04. The minimum absolute atomic E-state index is 0.124. The average Bonchev–Trinajstić information content (AvgIpc) is 2.94. The average molecular weight is 293 g/mol. The van der Waals surface area contributed by atoms with E-state index in [1.165, 1.54) is 62.3 Å². The van der Waals surface area contributed by atoms with Crippen LogP contribution >= 0.6 is 11.3 Å². The largest absolute Gasteiger partial charge is 0.308 e. The molecule has 20 heavy (non-hydrogen) atoms. The summed E-state index contributed by atoms with van der Waals surface area (Å²) in [7, 11) is 2.12. The molecule has 1 unspecified atom stereocenters. The number of likely N-dealkylation sites (tertiary alicyclic amines) is 1. The van der Waals surface area contributed by atoms with E-state index in [1.807, 2.05) is 11.3 Å². The van der Waals surface area contributed by atoms with Crippen LogP contribution < -0.4 is 5.32 Å². The van der Waals surface area contributed by atoms with Gasteiger partial charge in [0.1, 0.15) is 5.01 Å². The lowest BCUT2D eigenvalue weighted by atomic mass is 9.91. The highest BCUT2D eigenvalue weighted by molar-refractivity contribution is 7.12. The monoisotopic (exact) mass is 293 g/mol. The van der Waals surface area contributed by atoms with Crippen molar-refractivity contribution < 1.29 is 0 Å². The number of hydrogen-bond acceptors (Lipinski definition) is 4. The molecule has 1 fully saturated rings. The quantitative estimate of drug-likeness (QED) is 0.929. The summed E-state index contributed by atoms with van der Waals surface area (Å²) >= 11 is 1.98. The number of nitrogens with one attached hydrogen (secondary N) is 1. The van der Waals surface area contributed by atoms with Crippen LogP contribution in [0, 0.1) is 0 Å². The van der Waals surface area contributed by atoms with Crippen molar-refractivity contribution >= 4 is 11.3 Å². The first-order valence-electron chi connectivity index (χ1n) is 8.07. The summed E-state index contributed by atoms with van der Waals surface area (Å²) in [6.45, 7) is 7.03. The Kier molecular flexibility index (Phi) is 4.16. The summed E-state index contributed by atoms with van der Waals surface area (Å²) in [4.78, 5) is 9.17. The minimum Gasteiger partial charge on any atom is -0.308 e. The van der Waals surface area contributed by atoms with Crippen LogP contribution in [0.3, 0.4) is 0 Å². The van der Waals surface area contributed by atoms with E-state index < -0.39 is 0 Å². The summed E-state index contributed by atoms with van der Waals surface area (Å²) in [6.07, 6.45) is 7.44. The Morgan fingerprint density at radius 3 is 2.75 bits per heavy atom. The minimum atomic E-state index is 0.124. The number of aromatic nitrogens is 1. The van der Waals surface area contributed by atoms with Crippen LogP contribution in [-0.2, 0) is 18.4 Å². The van der Waals surface area contributed by atoms with Crippen molar-refractivity contribution in [2.24, 2.45) is 0 Å². The van der Waals surface area contributed by atoms with E-state index in [0.29, 0.717) is 6.04 Å². The molecule has 1 aromatic rings. The van der Waals surface area contributed by atoms with Crippen molar-refractivity contribution in [3.8, 4) is 0 Å². The third-order valence-electron chi connectivity index (χ3n) is 5.09. The number of hydrogen-bond donors (Lipinski definition) is 1. The fraction of sp³-hybridized carbons (Fsp3) is 0.812. The second-order valence-corrected chi connectivity index (χ2v) is 7.64. The van der Waals surface area contributed by atoms with E-state index in [9.17, 15) is 0 Å². The van der Waals surface area contributed by atoms with Gasteiger partial charge >= 0.3 is 0 Å². The van der Waals surface area contributed by atoms with Crippen molar-refractivity contribution in [1.29, 1.82) is 0 Å². The summed E-state index contributed by atoms with van der Waals surface area (Å²) < 4.78 is 0. The molecule has 2 heterocycles. The van der Waals surface area contributed by atoms with Crippen molar-refractivity contribution in [1.82, 2.24) is 15.2 Å². The highest BCUT2D eigenvalue weighted by Crippen LogP contribution is 2.38. The normalized spacial score (nSPS) is 27.8. The van der Waals surface area contributed by atoms with Crippen LogP contribution in [0.15, 0.2) is 0 Å². The number of nitrogens with zero attached hydrogens (tertiary/aromatic N) is 2. The van der Waals surface area contributed by atoms with Crippen molar-refractivity contribution in [2.45, 2.75) is 64.0 Å². The maximum Gasteiger partial charge on any atom is 0.113 e. The topological polar surface area (TPSA) is 28.2 Å². The lowest BCUT2D eigenvalue weighted by Crippen LogP contribution is -2.41. The molecule has 1 atom stereocenters. The zero-order valence-corrected chi connectivity index (χ0v) is 13.9. The molecular formula is C16H27N3S. The van der Waals surface area contributed by atoms with Gasteiger partial charge in [0.05, 0.1) is 11.2 Å². The molecule has 0 saturated carbocycles. The van der Waals surface area contributed by atoms with Gasteiger partial charge in [0.2, 0.25) is 0 Å². The van der Waals surface area contributed by atoms with Gasteiger partial charge in [0.25, 0.3) is 0 Å². The summed E-state index contributed by atoms with van der Waals surface area (Å²) in [5.74, 6) is 0. The second kappa shape index (κ2) is 5.74. The highest BCUT2D eigenvalue weighted by atomic mass is 32.1. The molecule has 0 amide bonds. The molecule has 2 aliphatic rings. The van der Waals surface area contributed by atoms with E-state index in [4.69, 9.17) is 4.98 Å². The van der Waals surface area contributed by atoms with Gasteiger partial charge in [-0.05, 0) is 66.0 Å². The van der Waals surface area contributed by atoms with Gasteiger partial charge < -0.3 is 10.2 Å². The predicted octanol–water partition coefficient (Wildman–Crippen LogP) is 2.94. The highest BCUT2D eigenvalue weighted by Gasteiger charge is 2.37. The summed E-state index contributed by atoms with van der Waals surface area (Å²) in [6, 6.07) is 0.656. The van der Waals surface area contributed by atoms with Crippen LogP contribution in [0.4, 0.5) is 0 Å². The zero-order valence-electron chi connectivity index (χ0n) is 13.0. The van der Waals surface area contributed by atoms with E-state index in [-0.39, 0.29) is 5.54 Å². The second-order valence-electron chi connectivity index (χ2n) is 6.56. The molecule has 0 bridgehead atoms. The zero-order chi connectivity index (χ0) is 14.2. The summed E-state index contributed by atoms with van der Waals surface area (Å²) in [5, 5.41) is 5.00. The molecule has 3 nitrogen and oxygen atoms in total. The number of thiazole rings is 1. The SMILES string of the molecule is CNC1(c2nc3c(s2)CCC3)CCCN(C(C)C)CC1. The molecule has 4 heteroatoms. The molecule has 0 radical (unpaired) electrons. The van der Waals surface area contributed by atoms with Gasteiger partial charge in [0, 0.05) is 17.5 Å². The molecule has 1 N–H and O–H groups in total. The Labute approximate surface area is 126 Å². The number of aryl methyl sites for hydroxylation is 2. The molecule has 1 aliphatic carbocycles. The fourth-order valence-electron chi connectivity index (χ4n) is 3.64. The van der Waals surface area contributed by atoms with Gasteiger partial charge in [-0.2, -0.15) is 0 Å². The molecule has 1 saturated heterocycles. The van der Waals surface area contributed by atoms with Gasteiger partial charge in [-0.15, -0.1) is 11.3 Å². The van der Waals surface area contributed by atoms with Crippen LogP contribution in [0.5, 0.6) is 0 Å². The van der Waals surface area contributed by atoms with Gasteiger partial charge in [0.15, 0.2) is 0 Å². The van der Waals surface area contributed by atoms with E-state index in [1.54, 1.807) is 4.88 Å². The standard InChI is InChI=1S/C16H27N3S/c1-12(2)19-10-5-8-16(17-3,9-11-19)15-18-13-6-4-7-14(13)20-15/h12,17H,4-11H2,1-3H3. The first-order valence-corrected chi connectivity index (χ1v) is 8.88. The maximum atomic E-state index is 5.01. The van der Waals surface area contributed by atoms with Crippen LogP contribution in [0.2, 0.25) is 0 Å². The lowest BCUT2D eigenvalue weighted by Gasteiger charge is -2.31. The van der Waals surface area contributed by atoms with Gasteiger partial charge in [-0.1, -0.05) is 0 Å². The smallest absolute Gasteiger partial charge is 0.113 e. The molecule has 112 valence electrons. The number of fused-ring (bicyclic) bond motifs is 1. The van der Waals surface area contributed by atoms with Gasteiger partial charge in [-0.3, -0.25) is 0 Å². The first kappa shape index (κ1) is 14.5. The van der Waals surface area contributed by atoms with Crippen molar-refractivity contribution in [3.05, 3.63) is 15.6 Å².